The molecule has 0 unspecified atom stereocenters. The molecule has 0 saturated carbocycles. The maximum atomic E-state index is 11.9. The van der Waals surface area contributed by atoms with E-state index in [9.17, 15) is 4.79 Å². The number of carbonyl (C=O) groups is 1. The van der Waals surface area contributed by atoms with Crippen LogP contribution in [0.3, 0.4) is 0 Å². The van der Waals surface area contributed by atoms with Gasteiger partial charge in [-0.15, -0.1) is 0 Å². The zero-order chi connectivity index (χ0) is 17.4. The summed E-state index contributed by atoms with van der Waals surface area (Å²) in [5.41, 5.74) is 2.59. The minimum atomic E-state index is -0.124. The Hall–Kier alpha value is -2.93. The minimum Gasteiger partial charge on any atom is -0.495 e. The molecule has 0 fully saturated rings. The van der Waals surface area contributed by atoms with Crippen LogP contribution < -0.4 is 10.1 Å². The molecule has 1 amide bonds. The number of nitrogens with zero attached hydrogens (tertiary/aromatic N) is 4. The van der Waals surface area contributed by atoms with Gasteiger partial charge in [-0.1, -0.05) is 11.6 Å². The van der Waals surface area contributed by atoms with E-state index in [0.717, 1.165) is 5.56 Å². The van der Waals surface area contributed by atoms with E-state index in [2.05, 4.69) is 20.4 Å². The number of halogens is 1. The van der Waals surface area contributed by atoms with Crippen LogP contribution in [0.25, 0.3) is 22.8 Å². The molecule has 2 aromatic heterocycles. The lowest BCUT2D eigenvalue weighted by Gasteiger charge is -2.13. The SMILES string of the molecule is COc1ccc(-c2nccc(-c3cc4n(n3)CCNC4=O)n2)cc1Cl. The predicted molar refractivity (Wildman–Crippen MR) is 92.6 cm³/mol. The van der Waals surface area contributed by atoms with Crippen molar-refractivity contribution in [2.45, 2.75) is 6.54 Å². The fourth-order valence-corrected chi connectivity index (χ4v) is 2.96. The third kappa shape index (κ3) is 2.83. The fraction of sp³-hybridized carbons (Fsp3) is 0.176. The highest BCUT2D eigenvalue weighted by Gasteiger charge is 2.20. The first-order valence-corrected chi connectivity index (χ1v) is 8.07. The molecule has 1 aromatic carbocycles. The van der Waals surface area contributed by atoms with Crippen LogP contribution in [-0.4, -0.2) is 39.3 Å². The summed E-state index contributed by atoms with van der Waals surface area (Å²) in [6, 6.07) is 8.87. The lowest BCUT2D eigenvalue weighted by atomic mass is 10.2. The van der Waals surface area contributed by atoms with Gasteiger partial charge < -0.3 is 10.1 Å². The van der Waals surface area contributed by atoms with Gasteiger partial charge in [-0.3, -0.25) is 9.48 Å². The summed E-state index contributed by atoms with van der Waals surface area (Å²) in [6.07, 6.45) is 1.66. The predicted octanol–water partition coefficient (Wildman–Crippen LogP) is 2.41. The Morgan fingerprint density at radius 3 is 2.88 bits per heavy atom. The first-order chi connectivity index (χ1) is 12.2. The molecule has 3 aromatic rings. The molecule has 4 rings (SSSR count). The monoisotopic (exact) mass is 355 g/mol. The zero-order valence-corrected chi connectivity index (χ0v) is 14.1. The smallest absolute Gasteiger partial charge is 0.269 e. The number of amides is 1. The minimum absolute atomic E-state index is 0.124. The van der Waals surface area contributed by atoms with Crippen LogP contribution in [-0.2, 0) is 6.54 Å². The average molecular weight is 356 g/mol. The molecule has 7 nitrogen and oxygen atoms in total. The number of methoxy groups -OCH3 is 1. The van der Waals surface area contributed by atoms with Gasteiger partial charge >= 0.3 is 0 Å². The molecule has 0 aliphatic carbocycles. The molecule has 0 radical (unpaired) electrons. The number of hydrogen-bond acceptors (Lipinski definition) is 5. The second-order valence-corrected chi connectivity index (χ2v) is 5.92. The Balaban J connectivity index is 1.73. The van der Waals surface area contributed by atoms with Gasteiger partial charge in [-0.25, -0.2) is 9.97 Å². The fourth-order valence-electron chi connectivity index (χ4n) is 2.71. The van der Waals surface area contributed by atoms with Crippen LogP contribution >= 0.6 is 11.6 Å². The average Bonchev–Trinajstić information content (AvgIpc) is 3.07. The van der Waals surface area contributed by atoms with Crippen LogP contribution in [0.4, 0.5) is 0 Å². The molecule has 0 spiro atoms. The van der Waals surface area contributed by atoms with Gasteiger partial charge in [0.25, 0.3) is 5.91 Å². The number of benzene rings is 1. The Kier molecular flexibility index (Phi) is 3.85. The summed E-state index contributed by atoms with van der Waals surface area (Å²) in [5, 5.41) is 7.76. The maximum absolute atomic E-state index is 11.9. The largest absolute Gasteiger partial charge is 0.495 e. The Labute approximate surface area is 148 Å². The van der Waals surface area contributed by atoms with Crippen molar-refractivity contribution in [3.63, 3.8) is 0 Å². The standard InChI is InChI=1S/C17H14ClN5O2/c1-25-15-3-2-10(8-11(15)18)16-19-5-4-12(21-16)13-9-14-17(24)20-6-7-23(14)22-13/h2-5,8-9H,6-7H2,1H3,(H,20,24). The number of nitrogens with one attached hydrogen (secondary N) is 1. The Morgan fingerprint density at radius 1 is 1.24 bits per heavy atom. The van der Waals surface area contributed by atoms with Gasteiger partial charge in [-0.05, 0) is 30.3 Å². The van der Waals surface area contributed by atoms with Crippen LogP contribution in [0.15, 0.2) is 36.5 Å². The quantitative estimate of drug-likeness (QED) is 0.780. The molecule has 3 heterocycles. The highest BCUT2D eigenvalue weighted by Crippen LogP contribution is 2.29. The van der Waals surface area contributed by atoms with E-state index < -0.39 is 0 Å². The van der Waals surface area contributed by atoms with Crippen LogP contribution in [0, 0.1) is 0 Å². The topological polar surface area (TPSA) is 81.9 Å². The molecule has 0 saturated heterocycles. The van der Waals surface area contributed by atoms with E-state index in [1.165, 1.54) is 0 Å². The number of ether oxygens (including phenoxy) is 1. The molecule has 126 valence electrons. The third-order valence-electron chi connectivity index (χ3n) is 3.95. The summed E-state index contributed by atoms with van der Waals surface area (Å²) in [7, 11) is 1.56. The summed E-state index contributed by atoms with van der Waals surface area (Å²) in [4.78, 5) is 20.7. The Morgan fingerprint density at radius 2 is 2.12 bits per heavy atom. The van der Waals surface area contributed by atoms with Crippen molar-refractivity contribution in [3.8, 4) is 28.5 Å². The zero-order valence-electron chi connectivity index (χ0n) is 13.4. The molecule has 0 atom stereocenters. The van der Waals surface area contributed by atoms with Crippen molar-refractivity contribution in [3.05, 3.63) is 47.2 Å². The molecule has 25 heavy (non-hydrogen) atoms. The van der Waals surface area contributed by atoms with Crippen LogP contribution in [0.5, 0.6) is 5.75 Å². The first-order valence-electron chi connectivity index (χ1n) is 7.69. The van der Waals surface area contributed by atoms with E-state index in [-0.39, 0.29) is 5.91 Å². The van der Waals surface area contributed by atoms with Gasteiger partial charge in [0.2, 0.25) is 0 Å². The van der Waals surface area contributed by atoms with Gasteiger partial charge in [0.15, 0.2) is 5.82 Å². The van der Waals surface area contributed by atoms with Crippen molar-refractivity contribution in [1.82, 2.24) is 25.1 Å². The summed E-state index contributed by atoms with van der Waals surface area (Å²) in [5.74, 6) is 0.994. The number of aromatic nitrogens is 4. The molecule has 0 bridgehead atoms. The van der Waals surface area contributed by atoms with Crippen LogP contribution in [0.2, 0.25) is 5.02 Å². The summed E-state index contributed by atoms with van der Waals surface area (Å²) < 4.78 is 6.86. The van der Waals surface area contributed by atoms with Crippen molar-refractivity contribution in [1.29, 1.82) is 0 Å². The third-order valence-corrected chi connectivity index (χ3v) is 4.25. The van der Waals surface area contributed by atoms with Crippen LogP contribution in [0.1, 0.15) is 10.5 Å². The lowest BCUT2D eigenvalue weighted by molar-refractivity contribution is 0.0924. The number of carbonyl (C=O) groups excluding carboxylic acids is 1. The molecular formula is C17H14ClN5O2. The maximum Gasteiger partial charge on any atom is 0.269 e. The second kappa shape index (κ2) is 6.18. The highest BCUT2D eigenvalue weighted by molar-refractivity contribution is 6.32. The molecule has 8 heteroatoms. The van der Waals surface area contributed by atoms with Crippen molar-refractivity contribution < 1.29 is 9.53 Å². The van der Waals surface area contributed by atoms with Gasteiger partial charge in [-0.2, -0.15) is 5.10 Å². The summed E-state index contributed by atoms with van der Waals surface area (Å²) in [6.45, 7) is 1.22. The molecule has 1 aliphatic rings. The normalized spacial score (nSPS) is 13.3. The van der Waals surface area contributed by atoms with E-state index in [1.807, 2.05) is 6.07 Å². The highest BCUT2D eigenvalue weighted by atomic mass is 35.5. The van der Waals surface area contributed by atoms with Gasteiger partial charge in [0.05, 0.1) is 24.4 Å². The van der Waals surface area contributed by atoms with E-state index in [0.29, 0.717) is 46.8 Å². The lowest BCUT2D eigenvalue weighted by Crippen LogP contribution is -2.35. The van der Waals surface area contributed by atoms with E-state index in [4.69, 9.17) is 16.3 Å². The molecular weight excluding hydrogens is 342 g/mol. The number of fused-ring (bicyclic) bond motifs is 1. The number of rotatable bonds is 3. The first kappa shape index (κ1) is 15.6. The summed E-state index contributed by atoms with van der Waals surface area (Å²) >= 11 is 6.18. The molecule has 1 N–H and O–H groups in total. The number of hydrogen-bond donors (Lipinski definition) is 1. The van der Waals surface area contributed by atoms with Gasteiger partial charge in [0, 0.05) is 18.3 Å². The van der Waals surface area contributed by atoms with Crippen molar-refractivity contribution in [2.75, 3.05) is 13.7 Å². The van der Waals surface area contributed by atoms with Gasteiger partial charge in [0.1, 0.15) is 17.1 Å². The van der Waals surface area contributed by atoms with Crippen molar-refractivity contribution >= 4 is 17.5 Å². The van der Waals surface area contributed by atoms with E-state index >= 15 is 0 Å². The second-order valence-electron chi connectivity index (χ2n) is 5.51. The van der Waals surface area contributed by atoms with Crippen molar-refractivity contribution in [2.24, 2.45) is 0 Å². The molecule has 1 aliphatic heterocycles. The Bertz CT molecular complexity index is 969. The van der Waals surface area contributed by atoms with E-state index in [1.54, 1.807) is 42.3 Å².